The molecule has 0 spiro atoms. The molecule has 1 aromatic carbocycles. The molecule has 0 saturated carbocycles. The summed E-state index contributed by atoms with van der Waals surface area (Å²) >= 11 is 0. The molecule has 1 aromatic heterocycles. The summed E-state index contributed by atoms with van der Waals surface area (Å²) in [7, 11) is -2.76. The van der Waals surface area contributed by atoms with E-state index in [0.717, 1.165) is 12.1 Å². The number of halogens is 1. The molecule has 0 saturated heterocycles. The van der Waals surface area contributed by atoms with Gasteiger partial charge in [0.2, 0.25) is 5.82 Å². The number of methoxy groups -OCH3 is 1. The molecule has 6 nitrogen and oxygen atoms in total. The Morgan fingerprint density at radius 2 is 2.00 bits per heavy atom. The van der Waals surface area contributed by atoms with Gasteiger partial charge in [-0.3, -0.25) is 4.72 Å². The summed E-state index contributed by atoms with van der Waals surface area (Å²) in [4.78, 5) is 7.41. The molecule has 1 N–H and O–H groups in total. The van der Waals surface area contributed by atoms with E-state index in [1.54, 1.807) is 6.92 Å². The molecular weight excluding hydrogens is 285 g/mol. The zero-order valence-electron chi connectivity index (χ0n) is 10.8. The van der Waals surface area contributed by atoms with Crippen LogP contribution in [-0.2, 0) is 10.0 Å². The van der Waals surface area contributed by atoms with Crippen LogP contribution in [0.4, 0.5) is 10.2 Å². The molecule has 0 aliphatic heterocycles. The summed E-state index contributed by atoms with van der Waals surface area (Å²) in [6.45, 7) is 1.69. The summed E-state index contributed by atoms with van der Waals surface area (Å²) in [6, 6.07) is 5.05. The van der Waals surface area contributed by atoms with E-state index in [1.165, 1.54) is 25.4 Å². The molecule has 106 valence electrons. The van der Waals surface area contributed by atoms with Crippen molar-refractivity contribution < 1.29 is 17.5 Å². The van der Waals surface area contributed by atoms with E-state index in [9.17, 15) is 12.8 Å². The first-order valence-electron chi connectivity index (χ1n) is 5.59. The first-order valence-corrected chi connectivity index (χ1v) is 7.07. The quantitative estimate of drug-likeness (QED) is 0.929. The van der Waals surface area contributed by atoms with Crippen LogP contribution in [0.25, 0.3) is 0 Å². The molecular formula is C12H12FN3O3S. The summed E-state index contributed by atoms with van der Waals surface area (Å²) in [6.07, 6.45) is 1.38. The Bertz CT molecular complexity index is 734. The molecule has 0 unspecified atom stereocenters. The lowest BCUT2D eigenvalue weighted by Gasteiger charge is -2.10. The summed E-state index contributed by atoms with van der Waals surface area (Å²) < 4.78 is 44.8. The Hall–Kier alpha value is -2.22. The molecule has 0 atom stereocenters. The highest BCUT2D eigenvalue weighted by molar-refractivity contribution is 7.92. The maximum atomic E-state index is 13.5. The molecule has 0 aliphatic rings. The highest BCUT2D eigenvalue weighted by atomic mass is 32.2. The summed E-state index contributed by atoms with van der Waals surface area (Å²) in [5.74, 6) is -0.926. The number of anilines is 1. The van der Waals surface area contributed by atoms with Gasteiger partial charge in [-0.25, -0.2) is 22.8 Å². The molecule has 0 amide bonds. The van der Waals surface area contributed by atoms with Gasteiger partial charge in [0.1, 0.15) is 10.7 Å². The van der Waals surface area contributed by atoms with Gasteiger partial charge in [-0.05, 0) is 19.1 Å². The monoisotopic (exact) mass is 297 g/mol. The van der Waals surface area contributed by atoms with Gasteiger partial charge in [-0.15, -0.1) is 0 Å². The maximum Gasteiger partial charge on any atom is 0.266 e. The summed E-state index contributed by atoms with van der Waals surface area (Å²) in [5.41, 5.74) is 0.565. The van der Waals surface area contributed by atoms with Gasteiger partial charge in [0.25, 0.3) is 15.9 Å². The molecule has 0 aliphatic carbocycles. The van der Waals surface area contributed by atoms with Gasteiger partial charge in [0.15, 0.2) is 0 Å². The highest BCUT2D eigenvalue weighted by Crippen LogP contribution is 2.23. The Morgan fingerprint density at radius 1 is 1.30 bits per heavy atom. The van der Waals surface area contributed by atoms with E-state index in [2.05, 4.69) is 14.7 Å². The minimum absolute atomic E-state index is 0.0184. The van der Waals surface area contributed by atoms with Crippen LogP contribution in [0.5, 0.6) is 5.88 Å². The lowest BCUT2D eigenvalue weighted by atomic mass is 10.4. The predicted octanol–water partition coefficient (Wildman–Crippen LogP) is 1.73. The Labute approximate surface area is 115 Å². The van der Waals surface area contributed by atoms with Crippen molar-refractivity contribution in [2.75, 3.05) is 11.8 Å². The number of rotatable bonds is 4. The molecule has 0 radical (unpaired) electrons. The molecule has 20 heavy (non-hydrogen) atoms. The highest BCUT2D eigenvalue weighted by Gasteiger charge is 2.21. The Balaban J connectivity index is 2.41. The van der Waals surface area contributed by atoms with E-state index in [4.69, 9.17) is 4.74 Å². The number of sulfonamides is 1. The number of nitrogens with one attached hydrogen (secondary N) is 1. The minimum atomic E-state index is -4.10. The standard InChI is InChI=1S/C12H12FN3O3S/c1-8-7-14-11(12(15-8)19-2)16-20(17,18)10-6-4-3-5-9(10)13/h3-7H,1-2H3,(H,14,16). The molecule has 2 rings (SSSR count). The van der Waals surface area contributed by atoms with Crippen LogP contribution in [0, 0.1) is 12.7 Å². The molecule has 0 fully saturated rings. The average molecular weight is 297 g/mol. The number of nitrogens with zero attached hydrogens (tertiary/aromatic N) is 2. The van der Waals surface area contributed by atoms with Crippen LogP contribution >= 0.6 is 0 Å². The van der Waals surface area contributed by atoms with Crippen LogP contribution in [0.1, 0.15) is 5.69 Å². The number of benzene rings is 1. The Kier molecular flexibility index (Phi) is 3.84. The number of hydrogen-bond acceptors (Lipinski definition) is 5. The zero-order chi connectivity index (χ0) is 14.8. The average Bonchev–Trinajstić information content (AvgIpc) is 2.41. The van der Waals surface area contributed by atoms with Gasteiger partial charge in [0.05, 0.1) is 19.0 Å². The third-order valence-corrected chi connectivity index (χ3v) is 3.78. The van der Waals surface area contributed by atoms with E-state index in [1.807, 2.05) is 0 Å². The van der Waals surface area contributed by atoms with Crippen molar-refractivity contribution in [1.82, 2.24) is 9.97 Å². The van der Waals surface area contributed by atoms with Gasteiger partial charge in [-0.1, -0.05) is 12.1 Å². The fourth-order valence-corrected chi connectivity index (χ4v) is 2.60. The van der Waals surface area contributed by atoms with Crippen molar-refractivity contribution in [2.45, 2.75) is 11.8 Å². The van der Waals surface area contributed by atoms with E-state index >= 15 is 0 Å². The largest absolute Gasteiger partial charge is 0.478 e. The number of ether oxygens (including phenoxy) is 1. The van der Waals surface area contributed by atoms with E-state index in [-0.39, 0.29) is 11.7 Å². The van der Waals surface area contributed by atoms with Crippen LogP contribution in [0.3, 0.4) is 0 Å². The maximum absolute atomic E-state index is 13.5. The number of aromatic nitrogens is 2. The zero-order valence-corrected chi connectivity index (χ0v) is 11.6. The Morgan fingerprint density at radius 3 is 2.65 bits per heavy atom. The third-order valence-electron chi connectivity index (χ3n) is 2.41. The first kappa shape index (κ1) is 14.2. The van der Waals surface area contributed by atoms with Crippen molar-refractivity contribution in [3.05, 3.63) is 42.0 Å². The number of hydrogen-bond donors (Lipinski definition) is 1. The lowest BCUT2D eigenvalue weighted by molar-refractivity contribution is 0.397. The fraction of sp³-hybridized carbons (Fsp3) is 0.167. The molecule has 2 aromatic rings. The smallest absolute Gasteiger partial charge is 0.266 e. The van der Waals surface area contributed by atoms with Gasteiger partial charge < -0.3 is 4.74 Å². The third kappa shape index (κ3) is 2.85. The van der Waals surface area contributed by atoms with Gasteiger partial charge in [-0.2, -0.15) is 0 Å². The normalized spacial score (nSPS) is 11.2. The van der Waals surface area contributed by atoms with Crippen LogP contribution in [0.15, 0.2) is 35.4 Å². The second kappa shape index (κ2) is 5.41. The van der Waals surface area contributed by atoms with Crippen molar-refractivity contribution in [3.63, 3.8) is 0 Å². The number of aryl methyl sites for hydroxylation is 1. The van der Waals surface area contributed by atoms with Crippen LogP contribution in [-0.4, -0.2) is 25.5 Å². The van der Waals surface area contributed by atoms with Crippen molar-refractivity contribution >= 4 is 15.8 Å². The molecule has 0 bridgehead atoms. The summed E-state index contributed by atoms with van der Waals surface area (Å²) in [5, 5.41) is 0. The van der Waals surface area contributed by atoms with Crippen molar-refractivity contribution in [2.24, 2.45) is 0 Å². The van der Waals surface area contributed by atoms with Gasteiger partial charge in [0, 0.05) is 0 Å². The lowest BCUT2D eigenvalue weighted by Crippen LogP contribution is -2.16. The minimum Gasteiger partial charge on any atom is -0.478 e. The van der Waals surface area contributed by atoms with Crippen molar-refractivity contribution in [1.29, 1.82) is 0 Å². The van der Waals surface area contributed by atoms with Gasteiger partial charge >= 0.3 is 0 Å². The molecule has 8 heteroatoms. The van der Waals surface area contributed by atoms with Crippen LogP contribution in [0.2, 0.25) is 0 Å². The predicted molar refractivity (Wildman–Crippen MR) is 70.5 cm³/mol. The second-order valence-corrected chi connectivity index (χ2v) is 5.56. The fourth-order valence-electron chi connectivity index (χ4n) is 1.51. The SMILES string of the molecule is COc1nc(C)cnc1NS(=O)(=O)c1ccccc1F. The second-order valence-electron chi connectivity index (χ2n) is 3.91. The topological polar surface area (TPSA) is 81.2 Å². The van der Waals surface area contributed by atoms with E-state index < -0.39 is 20.7 Å². The first-order chi connectivity index (χ1) is 9.44. The van der Waals surface area contributed by atoms with E-state index in [0.29, 0.717) is 5.69 Å². The van der Waals surface area contributed by atoms with Crippen LogP contribution < -0.4 is 9.46 Å². The van der Waals surface area contributed by atoms with Crippen molar-refractivity contribution in [3.8, 4) is 5.88 Å². The molecule has 1 heterocycles.